The summed E-state index contributed by atoms with van der Waals surface area (Å²) < 4.78 is 50.1. The second-order valence-corrected chi connectivity index (χ2v) is 3.89. The molecule has 0 aromatic heterocycles. The number of rotatable bonds is 5. The average molecular weight is 270 g/mol. The van der Waals surface area contributed by atoms with Gasteiger partial charge in [-0.1, -0.05) is 0 Å². The summed E-state index contributed by atoms with van der Waals surface area (Å²) in [5, 5.41) is 2.73. The number of alkyl halides is 4. The van der Waals surface area contributed by atoms with Gasteiger partial charge in [0.2, 0.25) is 0 Å². The SMILES string of the molecule is Fc1cc(C(F)(F)F)ccc1NCCCCCl. The van der Waals surface area contributed by atoms with Gasteiger partial charge in [0.15, 0.2) is 0 Å². The fraction of sp³-hybridized carbons (Fsp3) is 0.455. The van der Waals surface area contributed by atoms with Crippen molar-refractivity contribution in [1.29, 1.82) is 0 Å². The number of benzene rings is 1. The lowest BCUT2D eigenvalue weighted by atomic mass is 10.2. The molecular weight excluding hydrogens is 258 g/mol. The highest BCUT2D eigenvalue weighted by Gasteiger charge is 2.31. The van der Waals surface area contributed by atoms with E-state index in [0.29, 0.717) is 18.5 Å². The molecule has 1 aromatic rings. The summed E-state index contributed by atoms with van der Waals surface area (Å²) in [6.07, 6.45) is -3.00. The number of hydrogen-bond donors (Lipinski definition) is 1. The monoisotopic (exact) mass is 269 g/mol. The van der Waals surface area contributed by atoms with Crippen LogP contribution in [0.2, 0.25) is 0 Å². The quantitative estimate of drug-likeness (QED) is 0.478. The molecule has 0 aliphatic carbocycles. The predicted molar refractivity (Wildman–Crippen MR) is 59.8 cm³/mol. The van der Waals surface area contributed by atoms with Crippen molar-refractivity contribution in [2.75, 3.05) is 17.7 Å². The Bertz CT molecular complexity index is 365. The fourth-order valence-corrected chi connectivity index (χ4v) is 1.47. The van der Waals surface area contributed by atoms with Gasteiger partial charge < -0.3 is 5.32 Å². The van der Waals surface area contributed by atoms with Crippen LogP contribution in [0.15, 0.2) is 18.2 Å². The van der Waals surface area contributed by atoms with Gasteiger partial charge in [0.05, 0.1) is 11.3 Å². The lowest BCUT2D eigenvalue weighted by Gasteiger charge is -2.10. The number of hydrogen-bond acceptors (Lipinski definition) is 1. The maximum Gasteiger partial charge on any atom is 0.416 e. The Morgan fingerprint density at radius 2 is 1.88 bits per heavy atom. The van der Waals surface area contributed by atoms with Crippen molar-refractivity contribution in [1.82, 2.24) is 0 Å². The van der Waals surface area contributed by atoms with Gasteiger partial charge in [-0.05, 0) is 31.0 Å². The second kappa shape index (κ2) is 6.10. The molecule has 0 spiro atoms. The lowest BCUT2D eigenvalue weighted by Crippen LogP contribution is -2.08. The second-order valence-electron chi connectivity index (χ2n) is 3.52. The lowest BCUT2D eigenvalue weighted by molar-refractivity contribution is -0.137. The summed E-state index contributed by atoms with van der Waals surface area (Å²) >= 11 is 5.46. The minimum Gasteiger partial charge on any atom is -0.383 e. The summed E-state index contributed by atoms with van der Waals surface area (Å²) in [7, 11) is 0. The summed E-state index contributed by atoms with van der Waals surface area (Å²) in [4.78, 5) is 0. The van der Waals surface area contributed by atoms with Crippen molar-refractivity contribution in [2.24, 2.45) is 0 Å². The minimum atomic E-state index is -4.52. The molecule has 96 valence electrons. The van der Waals surface area contributed by atoms with Crippen LogP contribution in [-0.4, -0.2) is 12.4 Å². The molecule has 1 rings (SSSR count). The van der Waals surface area contributed by atoms with Crippen LogP contribution in [0.4, 0.5) is 23.2 Å². The third-order valence-electron chi connectivity index (χ3n) is 2.17. The zero-order valence-electron chi connectivity index (χ0n) is 8.95. The maximum absolute atomic E-state index is 13.3. The molecule has 1 nitrogen and oxygen atoms in total. The zero-order valence-corrected chi connectivity index (χ0v) is 9.71. The first-order valence-electron chi connectivity index (χ1n) is 5.11. The van der Waals surface area contributed by atoms with E-state index in [4.69, 9.17) is 11.6 Å². The van der Waals surface area contributed by atoms with Crippen LogP contribution in [0.25, 0.3) is 0 Å². The van der Waals surface area contributed by atoms with E-state index in [1.807, 2.05) is 0 Å². The van der Waals surface area contributed by atoms with Crippen LogP contribution >= 0.6 is 11.6 Å². The molecule has 17 heavy (non-hydrogen) atoms. The van der Waals surface area contributed by atoms with E-state index in [2.05, 4.69) is 5.32 Å². The third-order valence-corrected chi connectivity index (χ3v) is 2.44. The Labute approximate surface area is 102 Å². The molecule has 0 unspecified atom stereocenters. The van der Waals surface area contributed by atoms with Gasteiger partial charge in [0.25, 0.3) is 0 Å². The van der Waals surface area contributed by atoms with Gasteiger partial charge in [-0.3, -0.25) is 0 Å². The van der Waals surface area contributed by atoms with Crippen LogP contribution < -0.4 is 5.32 Å². The predicted octanol–water partition coefficient (Wildman–Crippen LogP) is 4.28. The molecule has 0 radical (unpaired) electrons. The summed E-state index contributed by atoms with van der Waals surface area (Å²) in [5.74, 6) is -0.386. The molecule has 0 heterocycles. The fourth-order valence-electron chi connectivity index (χ4n) is 1.28. The Balaban J connectivity index is 2.64. The molecule has 0 bridgehead atoms. The molecule has 0 fully saturated rings. The highest BCUT2D eigenvalue weighted by molar-refractivity contribution is 6.17. The minimum absolute atomic E-state index is 0.0765. The van der Waals surface area contributed by atoms with Crippen molar-refractivity contribution in [3.05, 3.63) is 29.6 Å². The normalized spacial score (nSPS) is 11.6. The third kappa shape index (κ3) is 4.42. The number of unbranched alkanes of at least 4 members (excludes halogenated alkanes) is 1. The Morgan fingerprint density at radius 3 is 2.41 bits per heavy atom. The molecule has 0 aliphatic rings. The van der Waals surface area contributed by atoms with E-state index in [-0.39, 0.29) is 5.69 Å². The van der Waals surface area contributed by atoms with Crippen molar-refractivity contribution in [3.63, 3.8) is 0 Å². The smallest absolute Gasteiger partial charge is 0.383 e. The number of nitrogens with one attached hydrogen (secondary N) is 1. The van der Waals surface area contributed by atoms with Crippen molar-refractivity contribution in [3.8, 4) is 0 Å². The van der Waals surface area contributed by atoms with E-state index >= 15 is 0 Å². The van der Waals surface area contributed by atoms with Gasteiger partial charge in [0, 0.05) is 12.4 Å². The molecular formula is C11H12ClF4N. The molecule has 1 aromatic carbocycles. The first-order chi connectivity index (χ1) is 7.95. The van der Waals surface area contributed by atoms with E-state index in [1.165, 1.54) is 0 Å². The van der Waals surface area contributed by atoms with Crippen molar-refractivity contribution < 1.29 is 17.6 Å². The molecule has 1 N–H and O–H groups in total. The zero-order chi connectivity index (χ0) is 12.9. The van der Waals surface area contributed by atoms with Crippen LogP contribution in [0.1, 0.15) is 18.4 Å². The van der Waals surface area contributed by atoms with Gasteiger partial charge in [-0.25, -0.2) is 4.39 Å². The highest BCUT2D eigenvalue weighted by atomic mass is 35.5. The first-order valence-corrected chi connectivity index (χ1v) is 5.65. The number of anilines is 1. The molecule has 0 saturated heterocycles. The van der Waals surface area contributed by atoms with E-state index < -0.39 is 17.6 Å². The van der Waals surface area contributed by atoms with E-state index in [9.17, 15) is 17.6 Å². The molecule has 6 heteroatoms. The van der Waals surface area contributed by atoms with Gasteiger partial charge in [-0.15, -0.1) is 11.6 Å². The topological polar surface area (TPSA) is 12.0 Å². The standard InChI is InChI=1S/C11H12ClF4N/c12-5-1-2-6-17-10-4-3-8(7-9(10)13)11(14,15)16/h3-4,7,17H,1-2,5-6H2. The number of halogens is 5. The largest absolute Gasteiger partial charge is 0.416 e. The van der Waals surface area contributed by atoms with Crippen LogP contribution in [0.5, 0.6) is 0 Å². The van der Waals surface area contributed by atoms with Gasteiger partial charge in [0.1, 0.15) is 5.82 Å². The van der Waals surface area contributed by atoms with Crippen LogP contribution in [0.3, 0.4) is 0 Å². The molecule has 0 atom stereocenters. The summed E-state index contributed by atoms with van der Waals surface area (Å²) in [6.45, 7) is 0.481. The van der Waals surface area contributed by atoms with Crippen molar-refractivity contribution >= 4 is 17.3 Å². The summed E-state index contributed by atoms with van der Waals surface area (Å²) in [5.41, 5.74) is -0.908. The van der Waals surface area contributed by atoms with Gasteiger partial charge >= 0.3 is 6.18 Å². The highest BCUT2D eigenvalue weighted by Crippen LogP contribution is 2.31. The molecule has 0 aliphatic heterocycles. The average Bonchev–Trinajstić information content (AvgIpc) is 2.24. The summed E-state index contributed by atoms with van der Waals surface area (Å²) in [6, 6.07) is 2.44. The molecule has 0 amide bonds. The van der Waals surface area contributed by atoms with E-state index in [1.54, 1.807) is 0 Å². The molecule has 0 saturated carbocycles. The Kier molecular flexibility index (Phi) is 5.05. The van der Waals surface area contributed by atoms with E-state index in [0.717, 1.165) is 25.0 Å². The van der Waals surface area contributed by atoms with Crippen LogP contribution in [0, 0.1) is 5.82 Å². The Hall–Kier alpha value is -0.970. The maximum atomic E-state index is 13.3. The van der Waals surface area contributed by atoms with Gasteiger partial charge in [-0.2, -0.15) is 13.2 Å². The first kappa shape index (κ1) is 14.1. The van der Waals surface area contributed by atoms with Crippen molar-refractivity contribution in [2.45, 2.75) is 19.0 Å². The van der Waals surface area contributed by atoms with Crippen LogP contribution in [-0.2, 0) is 6.18 Å². The Morgan fingerprint density at radius 1 is 1.18 bits per heavy atom.